The van der Waals surface area contributed by atoms with E-state index in [0.29, 0.717) is 61.4 Å². The fourth-order valence-electron chi connectivity index (χ4n) is 3.77. The Bertz CT molecular complexity index is 1090. The number of carbonyl (C=O) groups excluding carboxylic acids is 1. The lowest BCUT2D eigenvalue weighted by molar-refractivity contribution is 0.0300. The molecule has 1 aliphatic heterocycles. The number of morpholine rings is 1. The number of rotatable bonds is 8. The molecule has 9 nitrogen and oxygen atoms in total. The fourth-order valence-corrected chi connectivity index (χ4v) is 5.30. The zero-order chi connectivity index (χ0) is 23.5. The first-order valence-electron chi connectivity index (χ1n) is 10.5. The van der Waals surface area contributed by atoms with Crippen molar-refractivity contribution in [1.82, 2.24) is 14.2 Å². The van der Waals surface area contributed by atoms with Gasteiger partial charge in [-0.15, -0.1) is 0 Å². The summed E-state index contributed by atoms with van der Waals surface area (Å²) in [6.07, 6.45) is 0. The van der Waals surface area contributed by atoms with Crippen LogP contribution in [0.4, 0.5) is 0 Å². The van der Waals surface area contributed by atoms with E-state index in [1.807, 2.05) is 6.92 Å². The van der Waals surface area contributed by atoms with Gasteiger partial charge in [0.25, 0.3) is 5.91 Å². The van der Waals surface area contributed by atoms with E-state index in [2.05, 4.69) is 4.72 Å². The molecule has 0 radical (unpaired) electrons. The molecule has 0 saturated carbocycles. The van der Waals surface area contributed by atoms with Gasteiger partial charge in [0.05, 0.1) is 32.5 Å². The van der Waals surface area contributed by atoms with Crippen LogP contribution in [0.3, 0.4) is 0 Å². The van der Waals surface area contributed by atoms with Crippen molar-refractivity contribution in [3.8, 4) is 11.5 Å². The number of methoxy groups -OCH3 is 1. The molecule has 0 spiro atoms. The highest BCUT2D eigenvalue weighted by atomic mass is 32.2. The zero-order valence-electron chi connectivity index (χ0n) is 19.2. The molecule has 2 heterocycles. The molecule has 0 aliphatic carbocycles. The second kappa shape index (κ2) is 9.93. The number of sulfonamides is 1. The first-order valence-corrected chi connectivity index (χ1v) is 12.0. The first-order chi connectivity index (χ1) is 15.2. The summed E-state index contributed by atoms with van der Waals surface area (Å²) in [4.78, 5) is 14.9. The lowest BCUT2D eigenvalue weighted by Crippen LogP contribution is -2.41. The van der Waals surface area contributed by atoms with Crippen LogP contribution in [0.25, 0.3) is 0 Å². The summed E-state index contributed by atoms with van der Waals surface area (Å²) in [7, 11) is -0.673. The third-order valence-electron chi connectivity index (χ3n) is 5.70. The number of carbonyl (C=O) groups is 1. The minimum absolute atomic E-state index is 0.0203. The largest absolute Gasteiger partial charge is 0.493 e. The maximum absolute atomic E-state index is 13.3. The maximum atomic E-state index is 13.3. The second-order valence-corrected chi connectivity index (χ2v) is 9.29. The standard InChI is InChI=1S/C22H31N3O6S/c1-6-31-18-8-7-17(13-19(18)29-5)14-23-32(27,28)21-16(3)24(4)15(2)20(21)22(26)25-9-11-30-12-10-25/h7-8,13,23H,6,9-12,14H2,1-5H3. The average Bonchev–Trinajstić information content (AvgIpc) is 3.03. The summed E-state index contributed by atoms with van der Waals surface area (Å²) >= 11 is 0. The molecule has 1 aromatic heterocycles. The van der Waals surface area contributed by atoms with Gasteiger partial charge in [0, 0.05) is 38.1 Å². The van der Waals surface area contributed by atoms with Gasteiger partial charge in [-0.1, -0.05) is 6.07 Å². The average molecular weight is 466 g/mol. The lowest BCUT2D eigenvalue weighted by atomic mass is 10.2. The summed E-state index contributed by atoms with van der Waals surface area (Å²) in [5, 5.41) is 0. The molecule has 1 fully saturated rings. The fraction of sp³-hybridized carbons (Fsp3) is 0.500. The van der Waals surface area contributed by atoms with Gasteiger partial charge in [-0.2, -0.15) is 0 Å². The summed E-state index contributed by atoms with van der Waals surface area (Å²) in [6.45, 7) is 7.64. The Labute approximate surface area is 189 Å². The van der Waals surface area contributed by atoms with Crippen molar-refractivity contribution in [1.29, 1.82) is 0 Å². The van der Waals surface area contributed by atoms with Gasteiger partial charge < -0.3 is 23.7 Å². The van der Waals surface area contributed by atoms with E-state index in [-0.39, 0.29) is 22.9 Å². The first kappa shape index (κ1) is 24.1. The molecule has 0 bridgehead atoms. The number of ether oxygens (including phenoxy) is 3. The Balaban J connectivity index is 1.90. The molecular weight excluding hydrogens is 434 g/mol. The van der Waals surface area contributed by atoms with Crippen LogP contribution in [-0.2, 0) is 28.4 Å². The quantitative estimate of drug-likeness (QED) is 0.640. The Morgan fingerprint density at radius 3 is 2.47 bits per heavy atom. The van der Waals surface area contributed by atoms with Crippen molar-refractivity contribution >= 4 is 15.9 Å². The molecule has 1 aliphatic rings. The summed E-state index contributed by atoms with van der Waals surface area (Å²) < 4.78 is 47.3. The van der Waals surface area contributed by atoms with Crippen molar-refractivity contribution < 1.29 is 27.4 Å². The second-order valence-electron chi connectivity index (χ2n) is 7.58. The number of hydrogen-bond acceptors (Lipinski definition) is 6. The predicted molar refractivity (Wildman–Crippen MR) is 120 cm³/mol. The van der Waals surface area contributed by atoms with Crippen LogP contribution in [0, 0.1) is 13.8 Å². The van der Waals surface area contributed by atoms with Gasteiger partial charge >= 0.3 is 0 Å². The van der Waals surface area contributed by atoms with E-state index in [0.717, 1.165) is 0 Å². The molecule has 10 heteroatoms. The monoisotopic (exact) mass is 465 g/mol. The number of aromatic nitrogens is 1. The van der Waals surface area contributed by atoms with Crippen molar-refractivity contribution in [2.75, 3.05) is 40.0 Å². The van der Waals surface area contributed by atoms with Gasteiger partial charge in [-0.05, 0) is 38.5 Å². The van der Waals surface area contributed by atoms with Crippen LogP contribution >= 0.6 is 0 Å². The van der Waals surface area contributed by atoms with E-state index >= 15 is 0 Å². The van der Waals surface area contributed by atoms with E-state index in [1.54, 1.807) is 48.6 Å². The Morgan fingerprint density at radius 2 is 1.84 bits per heavy atom. The maximum Gasteiger partial charge on any atom is 0.257 e. The van der Waals surface area contributed by atoms with Gasteiger partial charge in [0.15, 0.2) is 11.5 Å². The third-order valence-corrected chi connectivity index (χ3v) is 7.26. The van der Waals surface area contributed by atoms with E-state index < -0.39 is 10.0 Å². The van der Waals surface area contributed by atoms with Gasteiger partial charge in [-0.25, -0.2) is 13.1 Å². The molecule has 1 saturated heterocycles. The van der Waals surface area contributed by atoms with Crippen LogP contribution in [-0.4, -0.2) is 63.8 Å². The van der Waals surface area contributed by atoms with Crippen molar-refractivity contribution in [2.24, 2.45) is 7.05 Å². The third kappa shape index (κ3) is 4.77. The molecular formula is C22H31N3O6S. The van der Waals surface area contributed by atoms with Gasteiger partial charge in [0.1, 0.15) is 4.90 Å². The van der Waals surface area contributed by atoms with Gasteiger partial charge in [0.2, 0.25) is 10.0 Å². The van der Waals surface area contributed by atoms with Crippen LogP contribution in [0.15, 0.2) is 23.1 Å². The smallest absolute Gasteiger partial charge is 0.257 e. The summed E-state index contributed by atoms with van der Waals surface area (Å²) in [5.74, 6) is 0.825. The van der Waals surface area contributed by atoms with Crippen molar-refractivity contribution in [2.45, 2.75) is 32.2 Å². The van der Waals surface area contributed by atoms with E-state index in [1.165, 1.54) is 7.11 Å². The number of benzene rings is 1. The number of nitrogens with one attached hydrogen (secondary N) is 1. The minimum Gasteiger partial charge on any atom is -0.493 e. The van der Waals surface area contributed by atoms with E-state index in [9.17, 15) is 13.2 Å². The highest BCUT2D eigenvalue weighted by molar-refractivity contribution is 7.89. The molecule has 1 amide bonds. The number of nitrogens with zero attached hydrogens (tertiary/aromatic N) is 2. The normalized spacial score (nSPS) is 14.5. The topological polar surface area (TPSA) is 99.1 Å². The summed E-state index contributed by atoms with van der Waals surface area (Å²) in [6, 6.07) is 5.26. The Kier molecular flexibility index (Phi) is 7.47. The SMILES string of the molecule is CCOc1ccc(CNS(=O)(=O)c2c(C(=O)N3CCOCC3)c(C)n(C)c2C)cc1OC. The Hall–Kier alpha value is -2.56. The lowest BCUT2D eigenvalue weighted by Gasteiger charge is -2.27. The van der Waals surface area contributed by atoms with Gasteiger partial charge in [-0.3, -0.25) is 4.79 Å². The van der Waals surface area contributed by atoms with Crippen molar-refractivity contribution in [3.63, 3.8) is 0 Å². The Morgan fingerprint density at radius 1 is 1.16 bits per heavy atom. The molecule has 1 aromatic carbocycles. The highest BCUT2D eigenvalue weighted by Gasteiger charge is 2.33. The van der Waals surface area contributed by atoms with Crippen LogP contribution in [0.2, 0.25) is 0 Å². The van der Waals surface area contributed by atoms with Crippen LogP contribution < -0.4 is 14.2 Å². The van der Waals surface area contributed by atoms with Crippen LogP contribution in [0.1, 0.15) is 34.2 Å². The molecule has 0 unspecified atom stereocenters. The molecule has 2 aromatic rings. The molecule has 176 valence electrons. The van der Waals surface area contributed by atoms with Crippen LogP contribution in [0.5, 0.6) is 11.5 Å². The predicted octanol–water partition coefficient (Wildman–Crippen LogP) is 2.00. The van der Waals surface area contributed by atoms with Crippen molar-refractivity contribution in [3.05, 3.63) is 40.7 Å². The number of amides is 1. The molecule has 32 heavy (non-hydrogen) atoms. The highest BCUT2D eigenvalue weighted by Crippen LogP contribution is 2.30. The molecule has 1 N–H and O–H groups in total. The molecule has 0 atom stereocenters. The van der Waals surface area contributed by atoms with E-state index in [4.69, 9.17) is 14.2 Å². The number of hydrogen-bond donors (Lipinski definition) is 1. The molecule has 3 rings (SSSR count). The minimum atomic E-state index is -3.97. The summed E-state index contributed by atoms with van der Waals surface area (Å²) in [5.41, 5.74) is 2.04. The zero-order valence-corrected chi connectivity index (χ0v) is 20.0.